The topological polar surface area (TPSA) is 94.4 Å². The Hall–Kier alpha value is -3.48. The first-order chi connectivity index (χ1) is 13.1. The number of phenolic OH excluding ortho intramolecular Hbond substituents is 1. The van der Waals surface area contributed by atoms with Crippen LogP contribution in [0, 0.1) is 13.8 Å². The molecule has 0 aliphatic carbocycles. The normalized spacial score (nSPS) is 12.1. The minimum absolute atomic E-state index is 0.0608. The molecule has 7 heteroatoms. The van der Waals surface area contributed by atoms with Crippen molar-refractivity contribution in [2.24, 2.45) is 30.7 Å². The summed E-state index contributed by atoms with van der Waals surface area (Å²) in [6.45, 7) is 4.16. The van der Waals surface area contributed by atoms with E-state index in [0.717, 1.165) is 27.6 Å². The number of aryl methyl sites for hydroxylation is 2. The lowest BCUT2D eigenvalue weighted by atomic mass is 10.1. The predicted molar refractivity (Wildman–Crippen MR) is 105 cm³/mol. The molecule has 0 bridgehead atoms. The Morgan fingerprint density at radius 1 is 0.741 bits per heavy atom. The first kappa shape index (κ1) is 18.3. The molecule has 0 aliphatic rings. The summed E-state index contributed by atoms with van der Waals surface area (Å²) in [6.07, 6.45) is 0. The van der Waals surface area contributed by atoms with Gasteiger partial charge in [-0.3, -0.25) is 0 Å². The van der Waals surface area contributed by atoms with E-state index in [0.29, 0.717) is 5.69 Å². The molecular formula is C20H20N6O. The van der Waals surface area contributed by atoms with Crippen molar-refractivity contribution in [3.05, 3.63) is 65.7 Å². The van der Waals surface area contributed by atoms with E-state index >= 15 is 0 Å². The van der Waals surface area contributed by atoms with Gasteiger partial charge in [-0.15, -0.1) is 0 Å². The molecule has 0 aliphatic heterocycles. The maximum atomic E-state index is 10.3. The van der Waals surface area contributed by atoms with E-state index in [1.165, 1.54) is 0 Å². The summed E-state index contributed by atoms with van der Waals surface area (Å²) in [4.78, 5) is 0. The smallest absolute Gasteiger partial charge is 0.171 e. The number of benzene rings is 3. The van der Waals surface area contributed by atoms with Crippen molar-refractivity contribution in [1.82, 2.24) is 0 Å². The number of fused-ring (bicyclic) bond motifs is 1. The molecule has 3 aromatic rings. The van der Waals surface area contributed by atoms with Crippen LogP contribution in [0.2, 0.25) is 0 Å². The molecule has 0 unspecified atom stereocenters. The largest absolute Gasteiger partial charge is 0.505 e. The maximum Gasteiger partial charge on any atom is 0.171 e. The highest BCUT2D eigenvalue weighted by molar-refractivity contribution is 5.92. The molecule has 0 radical (unpaired) electrons. The first-order valence-electron chi connectivity index (χ1n) is 8.51. The number of azo groups is 3. The molecule has 7 nitrogen and oxygen atoms in total. The van der Waals surface area contributed by atoms with Crippen LogP contribution in [0.4, 0.5) is 11.4 Å². The molecule has 0 aromatic heterocycles. The molecule has 0 spiro atoms. The van der Waals surface area contributed by atoms with E-state index in [-0.39, 0.29) is 19.1 Å². The van der Waals surface area contributed by atoms with Crippen molar-refractivity contribution in [3.63, 3.8) is 0 Å². The van der Waals surface area contributed by atoms with Crippen LogP contribution in [0.25, 0.3) is 10.8 Å². The Bertz CT molecular complexity index is 1030. The molecule has 0 amide bonds. The van der Waals surface area contributed by atoms with Crippen molar-refractivity contribution in [2.45, 2.75) is 13.8 Å². The number of rotatable bonds is 6. The second kappa shape index (κ2) is 8.75. The van der Waals surface area contributed by atoms with Crippen molar-refractivity contribution >= 4 is 22.1 Å². The van der Waals surface area contributed by atoms with Gasteiger partial charge in [0.2, 0.25) is 0 Å². The van der Waals surface area contributed by atoms with Gasteiger partial charge in [0.05, 0.1) is 5.69 Å². The summed E-state index contributed by atoms with van der Waals surface area (Å²) >= 11 is 0. The summed E-state index contributed by atoms with van der Waals surface area (Å²) < 4.78 is 0. The lowest BCUT2D eigenvalue weighted by Gasteiger charge is -2.04. The molecule has 0 fully saturated rings. The van der Waals surface area contributed by atoms with Gasteiger partial charge in [0.15, 0.2) is 19.1 Å². The average molecular weight is 360 g/mol. The quantitative estimate of drug-likeness (QED) is 0.506. The van der Waals surface area contributed by atoms with Crippen molar-refractivity contribution in [3.8, 4) is 5.75 Å². The third kappa shape index (κ3) is 5.01. The van der Waals surface area contributed by atoms with Gasteiger partial charge in [-0.2, -0.15) is 30.7 Å². The fourth-order valence-corrected chi connectivity index (χ4v) is 2.54. The second-order valence-electron chi connectivity index (χ2n) is 6.05. The minimum atomic E-state index is 0.0608. The van der Waals surface area contributed by atoms with Crippen LogP contribution in [-0.4, -0.2) is 18.4 Å². The maximum absolute atomic E-state index is 10.3. The van der Waals surface area contributed by atoms with Gasteiger partial charge in [-0.25, -0.2) is 0 Å². The number of nitrogens with zero attached hydrogens (tertiary/aromatic N) is 6. The van der Waals surface area contributed by atoms with Crippen LogP contribution in [-0.2, 0) is 0 Å². The second-order valence-corrected chi connectivity index (χ2v) is 6.05. The summed E-state index contributed by atoms with van der Waals surface area (Å²) in [5.41, 5.74) is 3.38. The first-order valence-corrected chi connectivity index (χ1v) is 8.51. The molecule has 3 rings (SSSR count). The lowest BCUT2D eigenvalue weighted by molar-refractivity contribution is 0.482. The van der Waals surface area contributed by atoms with Crippen LogP contribution >= 0.6 is 0 Å². The highest BCUT2D eigenvalue weighted by atomic mass is 16.3. The zero-order valence-electron chi connectivity index (χ0n) is 15.2. The van der Waals surface area contributed by atoms with Crippen molar-refractivity contribution in [1.29, 1.82) is 0 Å². The monoisotopic (exact) mass is 360 g/mol. The third-order valence-electron chi connectivity index (χ3n) is 3.85. The number of hydrogen-bond donors (Lipinski definition) is 1. The molecule has 136 valence electrons. The molecule has 0 saturated carbocycles. The fraction of sp³-hybridized carbons (Fsp3) is 0.200. The molecule has 0 atom stereocenters. The molecule has 1 N–H and O–H groups in total. The summed E-state index contributed by atoms with van der Waals surface area (Å²) in [7, 11) is 0. The van der Waals surface area contributed by atoms with Crippen molar-refractivity contribution in [2.75, 3.05) is 13.3 Å². The Kier molecular flexibility index (Phi) is 5.94. The van der Waals surface area contributed by atoms with Gasteiger partial charge < -0.3 is 5.11 Å². The van der Waals surface area contributed by atoms with Gasteiger partial charge in [-0.05, 0) is 49.1 Å². The molecule has 27 heavy (non-hydrogen) atoms. The Labute approximate surface area is 157 Å². The average Bonchev–Trinajstić information content (AvgIpc) is 2.66. The Morgan fingerprint density at radius 3 is 2.22 bits per heavy atom. The SMILES string of the molecule is Cc1cccc(N=NCN=NCN=Nc2ccc3ccc(C)cc3c2O)c1. The number of phenols is 1. The third-order valence-corrected chi connectivity index (χ3v) is 3.85. The molecule has 3 aromatic carbocycles. The van der Waals surface area contributed by atoms with Gasteiger partial charge in [-0.1, -0.05) is 35.9 Å². The number of hydrogen-bond acceptors (Lipinski definition) is 7. The molecular weight excluding hydrogens is 340 g/mol. The van der Waals surface area contributed by atoms with Gasteiger partial charge in [0.1, 0.15) is 5.69 Å². The van der Waals surface area contributed by atoms with E-state index < -0.39 is 0 Å². The van der Waals surface area contributed by atoms with E-state index in [1.54, 1.807) is 6.07 Å². The summed E-state index contributed by atoms with van der Waals surface area (Å²) in [6, 6.07) is 17.2. The van der Waals surface area contributed by atoms with Crippen LogP contribution in [0.1, 0.15) is 11.1 Å². The highest BCUT2D eigenvalue weighted by Gasteiger charge is 2.05. The minimum Gasteiger partial charge on any atom is -0.505 e. The van der Waals surface area contributed by atoms with Crippen molar-refractivity contribution < 1.29 is 5.11 Å². The van der Waals surface area contributed by atoms with E-state index in [1.807, 2.05) is 62.4 Å². The standard InChI is InChI=1S/C20H20N6O/c1-14-4-3-5-17(10-14)25-23-12-21-22-13-24-26-19-9-8-16-7-6-15(2)11-18(16)20(19)27/h3-11,27H,12-13H2,1-2H3. The van der Waals surface area contributed by atoms with Crippen LogP contribution < -0.4 is 0 Å². The predicted octanol–water partition coefficient (Wildman–Crippen LogP) is 6.40. The fourth-order valence-electron chi connectivity index (χ4n) is 2.54. The molecule has 0 heterocycles. The zero-order valence-corrected chi connectivity index (χ0v) is 15.2. The Morgan fingerprint density at radius 2 is 1.44 bits per heavy atom. The summed E-state index contributed by atoms with van der Waals surface area (Å²) in [5, 5.41) is 35.8. The molecule has 0 saturated heterocycles. The van der Waals surface area contributed by atoms with Gasteiger partial charge in [0, 0.05) is 5.39 Å². The Balaban J connectivity index is 1.54. The number of aromatic hydroxyl groups is 1. The summed E-state index contributed by atoms with van der Waals surface area (Å²) in [5.74, 6) is 0.115. The van der Waals surface area contributed by atoms with E-state index in [9.17, 15) is 5.11 Å². The van der Waals surface area contributed by atoms with Gasteiger partial charge >= 0.3 is 0 Å². The van der Waals surface area contributed by atoms with E-state index in [4.69, 9.17) is 0 Å². The van der Waals surface area contributed by atoms with Crippen LogP contribution in [0.15, 0.2) is 85.3 Å². The van der Waals surface area contributed by atoms with Crippen LogP contribution in [0.5, 0.6) is 5.75 Å². The highest BCUT2D eigenvalue weighted by Crippen LogP contribution is 2.35. The van der Waals surface area contributed by atoms with Gasteiger partial charge in [0.25, 0.3) is 0 Å². The zero-order chi connectivity index (χ0) is 19.1. The lowest BCUT2D eigenvalue weighted by Crippen LogP contribution is -1.78. The van der Waals surface area contributed by atoms with E-state index in [2.05, 4.69) is 30.7 Å². The van der Waals surface area contributed by atoms with Crippen LogP contribution in [0.3, 0.4) is 0 Å².